The highest BCUT2D eigenvalue weighted by Gasteiger charge is 2.30. The molecule has 546 valence electrons. The predicted octanol–water partition coefficient (Wildman–Crippen LogP) is 20.9. The second-order valence-corrected chi connectivity index (χ2v) is 30.9. The van der Waals surface area contributed by atoms with E-state index in [9.17, 15) is 43.2 Å². The summed E-state index contributed by atoms with van der Waals surface area (Å²) in [6, 6.07) is 0. The number of phosphoric ester groups is 2. The summed E-state index contributed by atoms with van der Waals surface area (Å²) in [5.74, 6) is 0.825. The monoisotopic (exact) mass is 1350 g/mol. The molecule has 0 rings (SSSR count). The van der Waals surface area contributed by atoms with Gasteiger partial charge in [0.25, 0.3) is 0 Å². The van der Waals surface area contributed by atoms with E-state index in [1.165, 1.54) is 161 Å². The molecule has 17 nitrogen and oxygen atoms in total. The van der Waals surface area contributed by atoms with E-state index in [-0.39, 0.29) is 25.7 Å². The zero-order valence-electron chi connectivity index (χ0n) is 60.2. The Kier molecular flexibility index (Phi) is 61.3. The predicted molar refractivity (Wildman–Crippen MR) is 372 cm³/mol. The molecule has 0 radical (unpaired) electrons. The lowest BCUT2D eigenvalue weighted by Crippen LogP contribution is -2.30. The number of esters is 4. The molecule has 0 aromatic heterocycles. The molecule has 0 amide bonds. The lowest BCUT2D eigenvalue weighted by Gasteiger charge is -2.21. The third-order valence-electron chi connectivity index (χ3n) is 17.2. The van der Waals surface area contributed by atoms with E-state index in [1.807, 2.05) is 0 Å². The number of carbonyl (C=O) groups is 4. The molecule has 3 N–H and O–H groups in total. The van der Waals surface area contributed by atoms with Crippen molar-refractivity contribution in [1.82, 2.24) is 0 Å². The molecule has 3 unspecified atom stereocenters. The van der Waals surface area contributed by atoms with Crippen LogP contribution < -0.4 is 0 Å². The summed E-state index contributed by atoms with van der Waals surface area (Å²) in [7, 11) is -9.90. The third-order valence-corrected chi connectivity index (χ3v) is 19.1. The fourth-order valence-electron chi connectivity index (χ4n) is 11.0. The van der Waals surface area contributed by atoms with Gasteiger partial charge in [0, 0.05) is 25.7 Å². The molecule has 0 aliphatic carbocycles. The van der Waals surface area contributed by atoms with Crippen molar-refractivity contribution < 1.29 is 80.2 Å². The molecule has 0 saturated carbocycles. The first-order valence-electron chi connectivity index (χ1n) is 37.7. The minimum atomic E-state index is -4.95. The van der Waals surface area contributed by atoms with Gasteiger partial charge in [0.1, 0.15) is 19.3 Å². The molecule has 19 heteroatoms. The van der Waals surface area contributed by atoms with Gasteiger partial charge in [-0.1, -0.05) is 312 Å². The van der Waals surface area contributed by atoms with Crippen LogP contribution in [0, 0.1) is 23.7 Å². The summed E-state index contributed by atoms with van der Waals surface area (Å²) >= 11 is 0. The lowest BCUT2D eigenvalue weighted by atomic mass is 9.99. The van der Waals surface area contributed by atoms with Crippen LogP contribution in [-0.2, 0) is 65.4 Å². The Balaban J connectivity index is 5.09. The smallest absolute Gasteiger partial charge is 0.462 e. The van der Waals surface area contributed by atoms with Crippen LogP contribution in [0.1, 0.15) is 364 Å². The van der Waals surface area contributed by atoms with Gasteiger partial charge in [-0.2, -0.15) is 0 Å². The average Bonchev–Trinajstić information content (AvgIpc) is 3.36. The second kappa shape index (κ2) is 62.6. The van der Waals surface area contributed by atoms with E-state index in [4.69, 9.17) is 37.0 Å². The van der Waals surface area contributed by atoms with Gasteiger partial charge in [-0.25, -0.2) is 9.13 Å². The Morgan fingerprint density at radius 2 is 0.522 bits per heavy atom. The van der Waals surface area contributed by atoms with Crippen LogP contribution in [0.2, 0.25) is 0 Å². The average molecular weight is 1350 g/mol. The highest BCUT2D eigenvalue weighted by molar-refractivity contribution is 7.47. The molecular weight excluding hydrogens is 1210 g/mol. The minimum Gasteiger partial charge on any atom is -0.462 e. The number of unbranched alkanes of at least 4 members (excludes halogenated alkanes) is 35. The summed E-state index contributed by atoms with van der Waals surface area (Å²) in [5, 5.41) is 10.6. The van der Waals surface area contributed by atoms with Crippen molar-refractivity contribution in [1.29, 1.82) is 0 Å². The van der Waals surface area contributed by atoms with Crippen molar-refractivity contribution in [2.24, 2.45) is 23.7 Å². The van der Waals surface area contributed by atoms with Crippen molar-refractivity contribution >= 4 is 39.5 Å². The standard InChI is InChI=1S/C73H142O17P2/c1-9-66(8)52-44-36-26-22-18-16-14-12-10-11-13-15-17-19-23-27-37-45-53-70(75)83-59-69(90-73(78)56-48-40-32-30-35-43-51-65(6)7)62-88-92(81,82)86-58-67(74)57-85-91(79,80)87-61-68(60-84-71(76)54-46-38-31-29-34-42-50-64(4)5)89-72(77)55-47-39-28-24-20-21-25-33-41-49-63(2)3/h63-69,74H,9-62H2,1-8H3,(H,79,80)(H,81,82)/t66?,67-,68+,69+/m0/s1. The van der Waals surface area contributed by atoms with Crippen molar-refractivity contribution in [2.45, 2.75) is 382 Å². The number of hydrogen-bond acceptors (Lipinski definition) is 15. The van der Waals surface area contributed by atoms with Crippen molar-refractivity contribution in [3.05, 3.63) is 0 Å². The summed E-state index contributed by atoms with van der Waals surface area (Å²) in [5.41, 5.74) is 0. The maximum Gasteiger partial charge on any atom is 0.472 e. The van der Waals surface area contributed by atoms with Gasteiger partial charge >= 0.3 is 39.5 Å². The molecule has 0 fully saturated rings. The molecule has 6 atom stereocenters. The van der Waals surface area contributed by atoms with E-state index in [0.29, 0.717) is 37.5 Å². The van der Waals surface area contributed by atoms with Crippen molar-refractivity contribution in [2.75, 3.05) is 39.6 Å². The largest absolute Gasteiger partial charge is 0.472 e. The van der Waals surface area contributed by atoms with E-state index < -0.39 is 97.5 Å². The van der Waals surface area contributed by atoms with Crippen molar-refractivity contribution in [3.8, 4) is 0 Å². The number of hydrogen-bond donors (Lipinski definition) is 3. The zero-order valence-corrected chi connectivity index (χ0v) is 62.0. The number of phosphoric acid groups is 2. The Labute approximate surface area is 562 Å². The molecule has 92 heavy (non-hydrogen) atoms. The molecule has 0 aromatic carbocycles. The fraction of sp³-hybridized carbons (Fsp3) is 0.945. The van der Waals surface area contributed by atoms with Crippen LogP contribution in [0.3, 0.4) is 0 Å². The van der Waals surface area contributed by atoms with Gasteiger partial charge < -0.3 is 33.8 Å². The van der Waals surface area contributed by atoms with Gasteiger partial charge in [0.05, 0.1) is 26.4 Å². The molecule has 0 spiro atoms. The molecule has 0 aromatic rings. The summed E-state index contributed by atoms with van der Waals surface area (Å²) in [4.78, 5) is 72.5. The number of aliphatic hydroxyl groups is 1. The quantitative estimate of drug-likeness (QED) is 0.0222. The van der Waals surface area contributed by atoms with Gasteiger partial charge in [-0.05, 0) is 49.4 Å². The Morgan fingerprint density at radius 3 is 0.772 bits per heavy atom. The third kappa shape index (κ3) is 65.4. The number of ether oxygens (including phenoxy) is 4. The molecule has 0 aliphatic heterocycles. The summed E-state index contributed by atoms with van der Waals surface area (Å²) in [6.45, 7) is 14.0. The number of aliphatic hydroxyl groups excluding tert-OH is 1. The molecular formula is C73H142O17P2. The van der Waals surface area contributed by atoms with Gasteiger partial charge in [-0.15, -0.1) is 0 Å². The fourth-order valence-corrected chi connectivity index (χ4v) is 12.6. The zero-order chi connectivity index (χ0) is 68.2. The second-order valence-electron chi connectivity index (χ2n) is 28.0. The van der Waals surface area contributed by atoms with Crippen LogP contribution >= 0.6 is 15.6 Å². The maximum absolute atomic E-state index is 13.0. The Bertz CT molecular complexity index is 1820. The van der Waals surface area contributed by atoms with Crippen LogP contribution in [-0.4, -0.2) is 96.7 Å². The van der Waals surface area contributed by atoms with E-state index in [2.05, 4.69) is 55.4 Å². The molecule has 0 aliphatic rings. The van der Waals surface area contributed by atoms with Crippen LogP contribution in [0.15, 0.2) is 0 Å². The Morgan fingerprint density at radius 1 is 0.304 bits per heavy atom. The highest BCUT2D eigenvalue weighted by Crippen LogP contribution is 2.45. The normalized spacial score (nSPS) is 14.5. The number of carbonyl (C=O) groups excluding carboxylic acids is 4. The molecule has 0 saturated heterocycles. The topological polar surface area (TPSA) is 237 Å². The first kappa shape index (κ1) is 90.1. The molecule has 0 bridgehead atoms. The first-order valence-corrected chi connectivity index (χ1v) is 40.7. The van der Waals surface area contributed by atoms with E-state index >= 15 is 0 Å². The first-order chi connectivity index (χ1) is 44.1. The van der Waals surface area contributed by atoms with Crippen LogP contribution in [0.25, 0.3) is 0 Å². The van der Waals surface area contributed by atoms with Gasteiger partial charge in [0.15, 0.2) is 12.2 Å². The number of rotatable bonds is 70. The Hall–Kier alpha value is -1.94. The van der Waals surface area contributed by atoms with Gasteiger partial charge in [-0.3, -0.25) is 37.3 Å². The maximum atomic E-state index is 13.0. The summed E-state index contributed by atoms with van der Waals surface area (Å²) < 4.78 is 68.2. The van der Waals surface area contributed by atoms with Crippen molar-refractivity contribution in [3.63, 3.8) is 0 Å². The minimum absolute atomic E-state index is 0.102. The van der Waals surface area contributed by atoms with Crippen LogP contribution in [0.5, 0.6) is 0 Å². The molecule has 0 heterocycles. The highest BCUT2D eigenvalue weighted by atomic mass is 31.2. The SMILES string of the molecule is CCC(C)CCCCCCCCCCCCCCCCCCCCC(=O)OC[C@H](COP(=O)(O)OC[C@@H](O)COP(=O)(O)OC[C@@H](COC(=O)CCCCCCCCC(C)C)OC(=O)CCCCCCCCCCCC(C)C)OC(=O)CCCCCCCCC(C)C. The van der Waals surface area contributed by atoms with E-state index in [0.717, 1.165) is 108 Å². The lowest BCUT2D eigenvalue weighted by molar-refractivity contribution is -0.161. The van der Waals surface area contributed by atoms with Crippen LogP contribution in [0.4, 0.5) is 0 Å². The van der Waals surface area contributed by atoms with E-state index in [1.54, 1.807) is 0 Å². The summed E-state index contributed by atoms with van der Waals surface area (Å²) in [6.07, 6.45) is 46.4. The van der Waals surface area contributed by atoms with Gasteiger partial charge in [0.2, 0.25) is 0 Å².